The molecule has 6 heteroatoms. The minimum absolute atomic E-state index is 0.00513. The van der Waals surface area contributed by atoms with Gasteiger partial charge in [-0.2, -0.15) is 0 Å². The fraction of sp³-hybridized carbons (Fsp3) is 0.296. The number of nitrogens with zero attached hydrogens (tertiary/aromatic N) is 1. The molecule has 0 saturated heterocycles. The van der Waals surface area contributed by atoms with Crippen LogP contribution in [0.1, 0.15) is 29.3 Å². The van der Waals surface area contributed by atoms with E-state index in [1.54, 1.807) is 7.11 Å². The van der Waals surface area contributed by atoms with E-state index in [9.17, 15) is 4.79 Å². The Balaban J connectivity index is 1.52. The average Bonchev–Trinajstić information content (AvgIpc) is 2.85. The monoisotopic (exact) mass is 446 g/mol. The van der Waals surface area contributed by atoms with E-state index in [4.69, 9.17) is 14.2 Å². The summed E-state index contributed by atoms with van der Waals surface area (Å²) in [6, 6.07) is 25.2. The van der Waals surface area contributed by atoms with Gasteiger partial charge in [0.2, 0.25) is 0 Å². The van der Waals surface area contributed by atoms with Crippen LogP contribution in [0.3, 0.4) is 0 Å². The molecule has 1 N–H and O–H groups in total. The summed E-state index contributed by atoms with van der Waals surface area (Å²) in [5.74, 6) is 1.55. The summed E-state index contributed by atoms with van der Waals surface area (Å²) in [5.41, 5.74) is 1.73. The molecule has 6 nitrogen and oxygen atoms in total. The normalized spacial score (nSPS) is 17.3. The number of hydrogen-bond donors (Lipinski definition) is 1. The molecule has 0 fully saturated rings. The standard InChI is InChI=1S/C27H30N2O4/c1-27(28-25-15-7-6-14-24(25)26(30)29(27)16-9-17-31-2)21-10-8-13-23(20-21)33-19-18-32-22-11-4-3-5-12-22/h3-8,10-15,20,28H,9,16-19H2,1-2H3. The predicted octanol–water partition coefficient (Wildman–Crippen LogP) is 4.92. The number of benzene rings is 3. The fourth-order valence-corrected chi connectivity index (χ4v) is 4.10. The zero-order valence-electron chi connectivity index (χ0n) is 19.1. The van der Waals surface area contributed by atoms with Gasteiger partial charge in [-0.25, -0.2) is 0 Å². The molecule has 0 saturated carbocycles. The Morgan fingerprint density at radius 3 is 2.33 bits per heavy atom. The van der Waals surface area contributed by atoms with Crippen molar-refractivity contribution in [1.29, 1.82) is 0 Å². The SMILES string of the molecule is COCCCN1C(=O)c2ccccc2NC1(C)c1cccc(OCCOc2ccccc2)c1. The molecular formula is C27H30N2O4. The van der Waals surface area contributed by atoms with Crippen molar-refractivity contribution in [1.82, 2.24) is 4.90 Å². The zero-order valence-corrected chi connectivity index (χ0v) is 19.1. The van der Waals surface area contributed by atoms with Crippen LogP contribution in [0.2, 0.25) is 0 Å². The number of ether oxygens (including phenoxy) is 3. The first-order chi connectivity index (χ1) is 16.1. The molecule has 0 bridgehead atoms. The minimum atomic E-state index is -0.723. The van der Waals surface area contributed by atoms with Crippen molar-refractivity contribution in [2.45, 2.75) is 19.0 Å². The molecule has 172 valence electrons. The maximum Gasteiger partial charge on any atom is 0.258 e. The van der Waals surface area contributed by atoms with Crippen LogP contribution in [0.5, 0.6) is 11.5 Å². The van der Waals surface area contributed by atoms with Gasteiger partial charge in [0, 0.05) is 31.5 Å². The number of methoxy groups -OCH3 is 1. The third-order valence-electron chi connectivity index (χ3n) is 5.81. The predicted molar refractivity (Wildman–Crippen MR) is 129 cm³/mol. The van der Waals surface area contributed by atoms with Crippen molar-refractivity contribution in [3.05, 3.63) is 90.0 Å². The summed E-state index contributed by atoms with van der Waals surface area (Å²) in [5, 5.41) is 3.60. The topological polar surface area (TPSA) is 60.0 Å². The first-order valence-corrected chi connectivity index (χ1v) is 11.2. The molecule has 1 atom stereocenters. The van der Waals surface area contributed by atoms with Crippen LogP contribution in [0, 0.1) is 0 Å². The van der Waals surface area contributed by atoms with Gasteiger partial charge in [-0.05, 0) is 49.7 Å². The lowest BCUT2D eigenvalue weighted by Gasteiger charge is -2.47. The summed E-state index contributed by atoms with van der Waals surface area (Å²) in [4.78, 5) is 15.3. The molecule has 1 heterocycles. The molecular weight excluding hydrogens is 416 g/mol. The van der Waals surface area contributed by atoms with E-state index in [0.29, 0.717) is 31.9 Å². The summed E-state index contributed by atoms with van der Waals surface area (Å²) in [6.45, 7) is 4.05. The molecule has 33 heavy (non-hydrogen) atoms. The quantitative estimate of drug-likeness (QED) is 0.448. The largest absolute Gasteiger partial charge is 0.490 e. The Morgan fingerprint density at radius 2 is 1.55 bits per heavy atom. The first-order valence-electron chi connectivity index (χ1n) is 11.2. The molecule has 1 aliphatic heterocycles. The maximum atomic E-state index is 13.4. The summed E-state index contributed by atoms with van der Waals surface area (Å²) < 4.78 is 16.9. The molecule has 3 aromatic carbocycles. The van der Waals surface area contributed by atoms with Crippen molar-refractivity contribution >= 4 is 11.6 Å². The maximum absolute atomic E-state index is 13.4. The van der Waals surface area contributed by atoms with Gasteiger partial charge >= 0.3 is 0 Å². The Hall–Kier alpha value is -3.51. The summed E-state index contributed by atoms with van der Waals surface area (Å²) in [7, 11) is 1.67. The smallest absolute Gasteiger partial charge is 0.258 e. The van der Waals surface area contributed by atoms with Crippen LogP contribution in [0.15, 0.2) is 78.9 Å². The Morgan fingerprint density at radius 1 is 0.848 bits per heavy atom. The van der Waals surface area contributed by atoms with Crippen LogP contribution < -0.4 is 14.8 Å². The van der Waals surface area contributed by atoms with E-state index < -0.39 is 5.66 Å². The lowest BCUT2D eigenvalue weighted by molar-refractivity contribution is 0.0504. The molecule has 0 spiro atoms. The second kappa shape index (κ2) is 10.4. The van der Waals surface area contributed by atoms with E-state index in [0.717, 1.165) is 29.2 Å². The molecule has 0 aliphatic carbocycles. The number of hydrogen-bond acceptors (Lipinski definition) is 5. The third-order valence-corrected chi connectivity index (χ3v) is 5.81. The minimum Gasteiger partial charge on any atom is -0.490 e. The van der Waals surface area contributed by atoms with E-state index in [1.807, 2.05) is 90.7 Å². The fourth-order valence-electron chi connectivity index (χ4n) is 4.10. The van der Waals surface area contributed by atoms with Crippen molar-refractivity contribution < 1.29 is 19.0 Å². The van der Waals surface area contributed by atoms with Crippen LogP contribution in [0.4, 0.5) is 5.69 Å². The third kappa shape index (κ3) is 5.12. The summed E-state index contributed by atoms with van der Waals surface area (Å²) in [6.07, 6.45) is 0.745. The molecule has 1 aliphatic rings. The van der Waals surface area contributed by atoms with E-state index in [2.05, 4.69) is 5.32 Å². The summed E-state index contributed by atoms with van der Waals surface area (Å²) >= 11 is 0. The molecule has 0 aromatic heterocycles. The highest BCUT2D eigenvalue weighted by Crippen LogP contribution is 2.38. The molecule has 3 aromatic rings. The Labute approximate surface area is 195 Å². The highest BCUT2D eigenvalue weighted by Gasteiger charge is 2.42. The van der Waals surface area contributed by atoms with E-state index >= 15 is 0 Å². The number of amides is 1. The lowest BCUT2D eigenvalue weighted by Crippen LogP contribution is -2.56. The average molecular weight is 447 g/mol. The number of para-hydroxylation sites is 2. The van der Waals surface area contributed by atoms with Gasteiger partial charge in [0.15, 0.2) is 0 Å². The van der Waals surface area contributed by atoms with Gasteiger partial charge in [0.05, 0.1) is 5.56 Å². The zero-order chi connectivity index (χ0) is 23.1. The van der Waals surface area contributed by atoms with Gasteiger partial charge in [0.25, 0.3) is 5.91 Å². The van der Waals surface area contributed by atoms with Crippen LogP contribution in [0.25, 0.3) is 0 Å². The Bertz CT molecular complexity index is 1070. The van der Waals surface area contributed by atoms with E-state index in [1.165, 1.54) is 0 Å². The highest BCUT2D eigenvalue weighted by molar-refractivity contribution is 6.02. The molecule has 1 amide bonds. The number of fused-ring (bicyclic) bond motifs is 1. The van der Waals surface area contributed by atoms with Crippen LogP contribution in [-0.2, 0) is 10.4 Å². The van der Waals surface area contributed by atoms with Gasteiger partial charge < -0.3 is 24.4 Å². The van der Waals surface area contributed by atoms with Gasteiger partial charge in [-0.15, -0.1) is 0 Å². The van der Waals surface area contributed by atoms with Gasteiger partial charge in [0.1, 0.15) is 30.4 Å². The van der Waals surface area contributed by atoms with Crippen molar-refractivity contribution in [3.63, 3.8) is 0 Å². The van der Waals surface area contributed by atoms with Crippen molar-refractivity contribution in [3.8, 4) is 11.5 Å². The second-order valence-corrected chi connectivity index (χ2v) is 8.08. The van der Waals surface area contributed by atoms with Crippen molar-refractivity contribution in [2.75, 3.05) is 38.8 Å². The second-order valence-electron chi connectivity index (χ2n) is 8.08. The Kier molecular flexibility index (Phi) is 7.15. The number of nitrogens with one attached hydrogen (secondary N) is 1. The molecule has 1 unspecified atom stereocenters. The van der Waals surface area contributed by atoms with Gasteiger partial charge in [-0.3, -0.25) is 4.79 Å². The van der Waals surface area contributed by atoms with Crippen LogP contribution >= 0.6 is 0 Å². The number of carbonyl (C=O) groups excluding carboxylic acids is 1. The number of carbonyl (C=O) groups is 1. The van der Waals surface area contributed by atoms with Gasteiger partial charge in [-0.1, -0.05) is 42.5 Å². The van der Waals surface area contributed by atoms with E-state index in [-0.39, 0.29) is 5.91 Å². The highest BCUT2D eigenvalue weighted by atomic mass is 16.5. The number of rotatable bonds is 10. The molecule has 0 radical (unpaired) electrons. The molecule has 4 rings (SSSR count). The lowest BCUT2D eigenvalue weighted by atomic mass is 9.93. The first kappa shape index (κ1) is 22.7. The number of anilines is 1. The van der Waals surface area contributed by atoms with Crippen molar-refractivity contribution in [2.24, 2.45) is 0 Å². The van der Waals surface area contributed by atoms with Crippen LogP contribution in [-0.4, -0.2) is 44.3 Å².